The molecule has 0 aliphatic carbocycles. The molecule has 0 aromatic rings. The van der Waals surface area contributed by atoms with Crippen LogP contribution in [0.2, 0.25) is 0 Å². The SMILES string of the molecule is [CH2]CCCCCCCC(CC)CCCCC[CH2]. The van der Waals surface area contributed by atoms with E-state index in [4.69, 9.17) is 0 Å². The summed E-state index contributed by atoms with van der Waals surface area (Å²) < 4.78 is 0. The second-order valence-electron chi connectivity index (χ2n) is 5.39. The van der Waals surface area contributed by atoms with E-state index in [2.05, 4.69) is 20.8 Å². The van der Waals surface area contributed by atoms with Gasteiger partial charge in [-0.25, -0.2) is 0 Å². The van der Waals surface area contributed by atoms with Gasteiger partial charge in [0.25, 0.3) is 0 Å². The molecule has 0 aromatic heterocycles. The molecule has 0 heterocycles. The monoisotopic (exact) mass is 238 g/mol. The molecule has 0 saturated carbocycles. The summed E-state index contributed by atoms with van der Waals surface area (Å²) >= 11 is 0. The lowest BCUT2D eigenvalue weighted by Crippen LogP contribution is -1.99. The average Bonchev–Trinajstić information content (AvgIpc) is 2.36. The summed E-state index contributed by atoms with van der Waals surface area (Å²) in [5, 5.41) is 0. The van der Waals surface area contributed by atoms with Crippen molar-refractivity contribution in [2.45, 2.75) is 90.4 Å². The van der Waals surface area contributed by atoms with Crippen LogP contribution in [0, 0.1) is 19.8 Å². The van der Waals surface area contributed by atoms with Crippen molar-refractivity contribution in [3.8, 4) is 0 Å². The van der Waals surface area contributed by atoms with Crippen molar-refractivity contribution in [3.63, 3.8) is 0 Å². The van der Waals surface area contributed by atoms with E-state index in [0.29, 0.717) is 0 Å². The minimum Gasteiger partial charge on any atom is -0.0651 e. The predicted molar refractivity (Wildman–Crippen MR) is 79.9 cm³/mol. The maximum absolute atomic E-state index is 3.90. The maximum Gasteiger partial charge on any atom is -0.0417 e. The molecular formula is C17H34. The van der Waals surface area contributed by atoms with Crippen LogP contribution in [0.25, 0.3) is 0 Å². The average molecular weight is 238 g/mol. The summed E-state index contributed by atoms with van der Waals surface area (Å²) in [7, 11) is 0. The Morgan fingerprint density at radius 1 is 0.647 bits per heavy atom. The zero-order chi connectivity index (χ0) is 12.8. The Morgan fingerprint density at radius 2 is 1.06 bits per heavy atom. The van der Waals surface area contributed by atoms with Crippen molar-refractivity contribution >= 4 is 0 Å². The molecule has 1 atom stereocenters. The highest BCUT2D eigenvalue weighted by Crippen LogP contribution is 2.21. The Balaban J connectivity index is 3.28. The Labute approximate surface area is 111 Å². The summed E-state index contributed by atoms with van der Waals surface area (Å²) in [6.07, 6.45) is 17.7. The first kappa shape index (κ1) is 17.0. The molecule has 2 radical (unpaired) electrons. The molecule has 17 heavy (non-hydrogen) atoms. The molecule has 0 nitrogen and oxygen atoms in total. The molecule has 0 aliphatic heterocycles. The normalized spacial score (nSPS) is 12.9. The molecule has 0 aromatic carbocycles. The van der Waals surface area contributed by atoms with Crippen molar-refractivity contribution in [2.75, 3.05) is 0 Å². The molecule has 102 valence electrons. The Hall–Kier alpha value is 0. The lowest BCUT2D eigenvalue weighted by atomic mass is 9.92. The van der Waals surface area contributed by atoms with E-state index in [1.165, 1.54) is 70.6 Å². The van der Waals surface area contributed by atoms with Gasteiger partial charge in [0.15, 0.2) is 0 Å². The summed E-state index contributed by atoms with van der Waals surface area (Å²) in [5.41, 5.74) is 0. The van der Waals surface area contributed by atoms with Crippen LogP contribution in [0.4, 0.5) is 0 Å². The minimum absolute atomic E-state index is 0.993. The van der Waals surface area contributed by atoms with Crippen LogP contribution < -0.4 is 0 Å². The van der Waals surface area contributed by atoms with Crippen LogP contribution in [0.1, 0.15) is 90.4 Å². The molecule has 0 aliphatic rings. The van der Waals surface area contributed by atoms with E-state index in [-0.39, 0.29) is 0 Å². The van der Waals surface area contributed by atoms with Gasteiger partial charge in [-0.1, -0.05) is 104 Å². The van der Waals surface area contributed by atoms with E-state index in [9.17, 15) is 0 Å². The van der Waals surface area contributed by atoms with Crippen molar-refractivity contribution in [2.24, 2.45) is 5.92 Å². The topological polar surface area (TPSA) is 0 Å². The maximum atomic E-state index is 3.90. The second kappa shape index (κ2) is 14.1. The number of unbranched alkanes of at least 4 members (excludes halogenated alkanes) is 8. The molecule has 0 amide bonds. The first-order valence-corrected chi connectivity index (χ1v) is 7.93. The van der Waals surface area contributed by atoms with Gasteiger partial charge in [-0.3, -0.25) is 0 Å². The summed E-state index contributed by atoms with van der Waals surface area (Å²) in [6, 6.07) is 0. The Kier molecular flexibility index (Phi) is 14.1. The van der Waals surface area contributed by atoms with Gasteiger partial charge in [0.1, 0.15) is 0 Å². The van der Waals surface area contributed by atoms with Gasteiger partial charge in [-0.15, -0.1) is 0 Å². The lowest BCUT2D eigenvalue weighted by Gasteiger charge is -2.14. The van der Waals surface area contributed by atoms with Gasteiger partial charge in [0.05, 0.1) is 0 Å². The third-order valence-corrected chi connectivity index (χ3v) is 3.80. The van der Waals surface area contributed by atoms with Gasteiger partial charge in [-0.05, 0) is 5.92 Å². The first-order valence-electron chi connectivity index (χ1n) is 7.93. The largest absolute Gasteiger partial charge is 0.0651 e. The number of hydrogen-bond donors (Lipinski definition) is 0. The Bertz CT molecular complexity index is 128. The fourth-order valence-corrected chi connectivity index (χ4v) is 2.48. The van der Waals surface area contributed by atoms with Gasteiger partial charge in [-0.2, -0.15) is 0 Å². The minimum atomic E-state index is 0.993. The van der Waals surface area contributed by atoms with Crippen molar-refractivity contribution in [3.05, 3.63) is 13.8 Å². The van der Waals surface area contributed by atoms with Crippen molar-refractivity contribution in [1.29, 1.82) is 0 Å². The highest BCUT2D eigenvalue weighted by atomic mass is 14.1. The smallest absolute Gasteiger partial charge is 0.0417 e. The zero-order valence-corrected chi connectivity index (χ0v) is 12.2. The van der Waals surface area contributed by atoms with Crippen LogP contribution in [0.3, 0.4) is 0 Å². The summed E-state index contributed by atoms with van der Waals surface area (Å²) in [4.78, 5) is 0. The fourth-order valence-electron chi connectivity index (χ4n) is 2.48. The molecule has 0 N–H and O–H groups in total. The fraction of sp³-hybridized carbons (Fsp3) is 0.882. The van der Waals surface area contributed by atoms with Gasteiger partial charge in [0.2, 0.25) is 0 Å². The Morgan fingerprint density at radius 3 is 1.53 bits per heavy atom. The molecule has 0 spiro atoms. The van der Waals surface area contributed by atoms with Crippen LogP contribution in [-0.2, 0) is 0 Å². The van der Waals surface area contributed by atoms with Crippen LogP contribution in [0.5, 0.6) is 0 Å². The van der Waals surface area contributed by atoms with Crippen LogP contribution >= 0.6 is 0 Å². The quantitative estimate of drug-likeness (QED) is 0.327. The lowest BCUT2D eigenvalue weighted by molar-refractivity contribution is 0.395. The molecule has 0 rings (SSSR count). The molecule has 0 heteroatoms. The van der Waals surface area contributed by atoms with Gasteiger partial charge < -0.3 is 0 Å². The standard InChI is InChI=1S/C17H34/c1-4-7-9-11-12-14-16-17(6-3)15-13-10-8-5-2/h17H,1-2,4-16H2,3H3. The molecular weight excluding hydrogens is 204 g/mol. The van der Waals surface area contributed by atoms with Crippen LogP contribution in [0.15, 0.2) is 0 Å². The van der Waals surface area contributed by atoms with E-state index < -0.39 is 0 Å². The number of hydrogen-bond acceptors (Lipinski definition) is 0. The highest BCUT2D eigenvalue weighted by molar-refractivity contribution is 4.59. The van der Waals surface area contributed by atoms with E-state index in [1.54, 1.807) is 0 Å². The molecule has 0 saturated heterocycles. The molecule has 1 unspecified atom stereocenters. The summed E-state index contributed by atoms with van der Waals surface area (Å²) in [5.74, 6) is 0.993. The van der Waals surface area contributed by atoms with Gasteiger partial charge in [0, 0.05) is 0 Å². The zero-order valence-electron chi connectivity index (χ0n) is 12.2. The second-order valence-corrected chi connectivity index (χ2v) is 5.39. The predicted octanol–water partition coefficient (Wildman–Crippen LogP) is 6.36. The van der Waals surface area contributed by atoms with E-state index >= 15 is 0 Å². The summed E-state index contributed by atoms with van der Waals surface area (Å²) in [6.45, 7) is 10.1. The van der Waals surface area contributed by atoms with Crippen molar-refractivity contribution < 1.29 is 0 Å². The first-order chi connectivity index (χ1) is 8.35. The third kappa shape index (κ3) is 12.2. The number of rotatable bonds is 13. The third-order valence-electron chi connectivity index (χ3n) is 3.80. The van der Waals surface area contributed by atoms with Crippen molar-refractivity contribution in [1.82, 2.24) is 0 Å². The van der Waals surface area contributed by atoms with E-state index in [0.717, 1.165) is 18.8 Å². The molecule has 0 fully saturated rings. The highest BCUT2D eigenvalue weighted by Gasteiger charge is 2.05. The van der Waals surface area contributed by atoms with Gasteiger partial charge >= 0.3 is 0 Å². The molecule has 0 bridgehead atoms. The van der Waals surface area contributed by atoms with Crippen LogP contribution in [-0.4, -0.2) is 0 Å². The van der Waals surface area contributed by atoms with E-state index in [1.807, 2.05) is 0 Å².